The Morgan fingerprint density at radius 3 is 2.50 bits per heavy atom. The summed E-state index contributed by atoms with van der Waals surface area (Å²) in [4.78, 5) is 0. The molecule has 0 unspecified atom stereocenters. The molecule has 1 nitrogen and oxygen atoms in total. The Morgan fingerprint density at radius 1 is 1.09 bits per heavy atom. The molecule has 0 atom stereocenters. The molecule has 0 N–H and O–H groups in total. The lowest BCUT2D eigenvalue weighted by atomic mass is 9.79. The monoisotopic (exact) mass is 289 g/mol. The van der Waals surface area contributed by atoms with Gasteiger partial charge in [-0.05, 0) is 49.5 Å². The van der Waals surface area contributed by atoms with Crippen LogP contribution in [0.25, 0.3) is 10.8 Å². The number of nitrogens with zero attached hydrogens (tertiary/aromatic N) is 1. The summed E-state index contributed by atoms with van der Waals surface area (Å²) >= 11 is 0. The third-order valence-corrected chi connectivity index (χ3v) is 4.59. The molecule has 2 aromatic rings. The molecular formula is C20H24BN+. The van der Waals surface area contributed by atoms with Crippen molar-refractivity contribution in [2.45, 2.75) is 39.9 Å². The van der Waals surface area contributed by atoms with Gasteiger partial charge < -0.3 is 0 Å². The molecule has 1 aliphatic heterocycles. The smallest absolute Gasteiger partial charge is 0.282 e. The lowest BCUT2D eigenvalue weighted by Crippen LogP contribution is -2.28. The molecule has 0 spiro atoms. The van der Waals surface area contributed by atoms with E-state index in [9.17, 15) is 0 Å². The summed E-state index contributed by atoms with van der Waals surface area (Å²) in [6.07, 6.45) is 4.60. The predicted molar refractivity (Wildman–Crippen MR) is 97.5 cm³/mol. The molecule has 1 radical (unpaired) electrons. The van der Waals surface area contributed by atoms with E-state index in [1.54, 1.807) is 0 Å². The molecule has 111 valence electrons. The third kappa shape index (κ3) is 2.22. The van der Waals surface area contributed by atoms with Gasteiger partial charge in [-0.15, -0.1) is 0 Å². The molecule has 0 saturated heterocycles. The van der Waals surface area contributed by atoms with Crippen LogP contribution in [0.1, 0.15) is 33.3 Å². The van der Waals surface area contributed by atoms with Gasteiger partial charge in [-0.3, -0.25) is 4.49 Å². The van der Waals surface area contributed by atoms with Gasteiger partial charge in [0.05, 0.1) is 5.41 Å². The van der Waals surface area contributed by atoms with Crippen LogP contribution >= 0.6 is 0 Å². The van der Waals surface area contributed by atoms with Crippen LogP contribution in [-0.4, -0.2) is 17.6 Å². The quantitative estimate of drug-likeness (QED) is 0.692. The first kappa shape index (κ1) is 15.1. The van der Waals surface area contributed by atoms with Crippen molar-refractivity contribution in [1.29, 1.82) is 0 Å². The van der Waals surface area contributed by atoms with Gasteiger partial charge >= 0.3 is 7.41 Å². The lowest BCUT2D eigenvalue weighted by molar-refractivity contribution is -0.272. The van der Waals surface area contributed by atoms with E-state index in [-0.39, 0.29) is 5.41 Å². The maximum absolute atomic E-state index is 2.35. The zero-order valence-electron chi connectivity index (χ0n) is 14.2. The van der Waals surface area contributed by atoms with Gasteiger partial charge in [0, 0.05) is 11.6 Å². The second-order valence-electron chi connectivity index (χ2n) is 6.92. The Labute approximate surface area is 134 Å². The predicted octanol–water partition coefficient (Wildman–Crippen LogP) is 5.10. The van der Waals surface area contributed by atoms with Crippen LogP contribution in [0.4, 0.5) is 5.69 Å². The Bertz CT molecular complexity index is 781. The summed E-state index contributed by atoms with van der Waals surface area (Å²) in [6.45, 7) is 11.2. The summed E-state index contributed by atoms with van der Waals surface area (Å²) in [6, 6.07) is 13.2. The van der Waals surface area contributed by atoms with Crippen molar-refractivity contribution in [2.24, 2.45) is 5.92 Å². The van der Waals surface area contributed by atoms with E-state index < -0.39 is 0 Å². The first-order chi connectivity index (χ1) is 10.5. The molecule has 0 aliphatic carbocycles. The van der Waals surface area contributed by atoms with E-state index in [2.05, 4.69) is 95.0 Å². The fraction of sp³-hybridized carbons (Fsp3) is 0.350. The zero-order valence-corrected chi connectivity index (χ0v) is 14.2. The number of allylic oxidation sites excluding steroid dienone is 2. The molecule has 1 aliphatic rings. The molecule has 0 fully saturated rings. The SMILES string of the molecule is C[B][N+]1=C(/C=C/C(C)C)C(C)(C)c2c1ccc1ccccc21. The van der Waals surface area contributed by atoms with Crippen molar-refractivity contribution >= 4 is 29.6 Å². The Kier molecular flexibility index (Phi) is 3.72. The molecule has 0 saturated carbocycles. The van der Waals surface area contributed by atoms with Crippen molar-refractivity contribution < 1.29 is 4.49 Å². The van der Waals surface area contributed by atoms with E-state index in [4.69, 9.17) is 0 Å². The van der Waals surface area contributed by atoms with Gasteiger partial charge in [-0.2, -0.15) is 0 Å². The number of benzene rings is 2. The topological polar surface area (TPSA) is 3.01 Å². The third-order valence-electron chi connectivity index (χ3n) is 4.59. The van der Waals surface area contributed by atoms with Crippen LogP contribution in [0.3, 0.4) is 0 Å². The molecule has 1 heterocycles. The van der Waals surface area contributed by atoms with Gasteiger partial charge in [0.2, 0.25) is 0 Å². The second kappa shape index (κ2) is 5.42. The van der Waals surface area contributed by atoms with E-state index in [1.165, 1.54) is 27.7 Å². The first-order valence-electron chi connectivity index (χ1n) is 8.13. The molecule has 0 bridgehead atoms. The van der Waals surface area contributed by atoms with Gasteiger partial charge in [-0.25, -0.2) is 0 Å². The molecular weight excluding hydrogens is 265 g/mol. The molecule has 2 aromatic carbocycles. The van der Waals surface area contributed by atoms with E-state index >= 15 is 0 Å². The summed E-state index contributed by atoms with van der Waals surface area (Å²) in [7, 11) is 2.18. The molecule has 0 amide bonds. The zero-order chi connectivity index (χ0) is 15.9. The standard InChI is InChI=1S/C20H24BN/c1-14(2)10-13-18-20(3,4)19-16-9-7-6-8-15(16)11-12-17(19)22(18)21-5/h6-14H,1-5H3/q+1/b13-10+. The Balaban J connectivity index is 2.28. The van der Waals surface area contributed by atoms with E-state index in [0.29, 0.717) is 5.92 Å². The fourth-order valence-electron chi connectivity index (χ4n) is 3.53. The maximum atomic E-state index is 2.35. The minimum Gasteiger partial charge on any atom is -0.282 e. The van der Waals surface area contributed by atoms with Gasteiger partial charge in [-0.1, -0.05) is 44.2 Å². The summed E-state index contributed by atoms with van der Waals surface area (Å²) in [5.74, 6) is 0.558. The average molecular weight is 289 g/mol. The van der Waals surface area contributed by atoms with Crippen LogP contribution in [-0.2, 0) is 5.41 Å². The molecule has 0 aromatic heterocycles. The second-order valence-corrected chi connectivity index (χ2v) is 6.92. The average Bonchev–Trinajstić information content (AvgIpc) is 2.72. The van der Waals surface area contributed by atoms with E-state index in [1.807, 2.05) is 0 Å². The highest BCUT2D eigenvalue weighted by molar-refractivity contribution is 6.28. The molecule has 22 heavy (non-hydrogen) atoms. The highest BCUT2D eigenvalue weighted by Crippen LogP contribution is 2.43. The Hall–Kier alpha value is -1.83. The largest absolute Gasteiger partial charge is 0.536 e. The summed E-state index contributed by atoms with van der Waals surface area (Å²) in [5, 5.41) is 2.68. The fourth-order valence-corrected chi connectivity index (χ4v) is 3.53. The van der Waals surface area contributed by atoms with Crippen molar-refractivity contribution in [3.05, 3.63) is 54.1 Å². The van der Waals surface area contributed by atoms with Gasteiger partial charge in [0.25, 0.3) is 0 Å². The minimum absolute atomic E-state index is 0.00803. The van der Waals surface area contributed by atoms with Gasteiger partial charge in [0.1, 0.15) is 0 Å². The lowest BCUT2D eigenvalue weighted by Gasteiger charge is -2.18. The van der Waals surface area contributed by atoms with Crippen molar-refractivity contribution in [1.82, 2.24) is 0 Å². The number of fused-ring (bicyclic) bond motifs is 3. The highest BCUT2D eigenvalue weighted by atomic mass is 15.0. The number of hydrogen-bond donors (Lipinski definition) is 0. The van der Waals surface area contributed by atoms with Crippen LogP contribution < -0.4 is 0 Å². The van der Waals surface area contributed by atoms with Crippen LogP contribution in [0.15, 0.2) is 48.6 Å². The van der Waals surface area contributed by atoms with Crippen LogP contribution in [0.5, 0.6) is 0 Å². The first-order valence-corrected chi connectivity index (χ1v) is 8.13. The highest BCUT2D eigenvalue weighted by Gasteiger charge is 2.44. The number of hydrogen-bond acceptors (Lipinski definition) is 0. The van der Waals surface area contributed by atoms with Crippen LogP contribution in [0, 0.1) is 5.92 Å². The maximum Gasteiger partial charge on any atom is 0.536 e. The van der Waals surface area contributed by atoms with Gasteiger partial charge in [0.15, 0.2) is 11.4 Å². The normalized spacial score (nSPS) is 16.8. The summed E-state index contributed by atoms with van der Waals surface area (Å²) in [5.41, 5.74) is 4.12. The van der Waals surface area contributed by atoms with Crippen molar-refractivity contribution in [3.63, 3.8) is 0 Å². The molecule has 2 heteroatoms. The van der Waals surface area contributed by atoms with Crippen molar-refractivity contribution in [2.75, 3.05) is 0 Å². The Morgan fingerprint density at radius 2 is 1.82 bits per heavy atom. The van der Waals surface area contributed by atoms with Crippen molar-refractivity contribution in [3.8, 4) is 0 Å². The number of rotatable bonds is 3. The molecule has 3 rings (SSSR count). The summed E-state index contributed by atoms with van der Waals surface area (Å²) < 4.78 is 2.35. The van der Waals surface area contributed by atoms with Crippen LogP contribution in [0.2, 0.25) is 6.82 Å². The minimum atomic E-state index is 0.00803. The van der Waals surface area contributed by atoms with E-state index in [0.717, 1.165) is 0 Å².